The van der Waals surface area contributed by atoms with Gasteiger partial charge in [-0.2, -0.15) is 13.2 Å². The predicted octanol–water partition coefficient (Wildman–Crippen LogP) is 3.29. The molecule has 2 rings (SSSR count). The molecule has 0 spiro atoms. The first-order valence-electron chi connectivity index (χ1n) is 6.73. The lowest BCUT2D eigenvalue weighted by Gasteiger charge is -2.23. The summed E-state index contributed by atoms with van der Waals surface area (Å²) in [5.41, 5.74) is -1.19. The molecule has 112 valence electrons. The van der Waals surface area contributed by atoms with Gasteiger partial charge in [0.25, 0.3) is 0 Å². The van der Waals surface area contributed by atoms with Crippen molar-refractivity contribution in [1.29, 1.82) is 0 Å². The number of rotatable bonds is 5. The van der Waals surface area contributed by atoms with Crippen molar-refractivity contribution in [1.82, 2.24) is 9.97 Å². The molecule has 1 aromatic heterocycles. The van der Waals surface area contributed by atoms with Crippen LogP contribution in [0.1, 0.15) is 37.6 Å². The molecule has 4 nitrogen and oxygen atoms in total. The minimum atomic E-state index is -4.25. The standard InChI is InChI=1S/C13H19F3N4/c1-4-5-9-18-10(17-3)8(2)11(19-9)20-12(6-7-12)13(14,15)16/h4-7H2,1-3H3,(H2,17,18,19,20). The summed E-state index contributed by atoms with van der Waals surface area (Å²) in [5, 5.41) is 5.50. The fraction of sp³-hybridized carbons (Fsp3) is 0.692. The molecular formula is C13H19F3N4. The summed E-state index contributed by atoms with van der Waals surface area (Å²) in [6.07, 6.45) is -2.58. The van der Waals surface area contributed by atoms with E-state index >= 15 is 0 Å². The highest BCUT2D eigenvalue weighted by molar-refractivity contribution is 5.59. The lowest BCUT2D eigenvalue weighted by molar-refractivity contribution is -0.151. The van der Waals surface area contributed by atoms with Gasteiger partial charge in [-0.05, 0) is 26.2 Å². The van der Waals surface area contributed by atoms with Gasteiger partial charge in [0.1, 0.15) is 23.0 Å². The van der Waals surface area contributed by atoms with Gasteiger partial charge in [-0.1, -0.05) is 6.92 Å². The zero-order valence-electron chi connectivity index (χ0n) is 11.9. The smallest absolute Gasteiger partial charge is 0.373 e. The highest BCUT2D eigenvalue weighted by Crippen LogP contribution is 2.51. The SMILES string of the molecule is CCCc1nc(NC)c(C)c(NC2(C(F)(F)F)CC2)n1. The van der Waals surface area contributed by atoms with E-state index in [4.69, 9.17) is 0 Å². The Morgan fingerprint density at radius 2 is 1.80 bits per heavy atom. The van der Waals surface area contributed by atoms with E-state index < -0.39 is 11.7 Å². The summed E-state index contributed by atoms with van der Waals surface area (Å²) in [6, 6.07) is 0. The maximum Gasteiger partial charge on any atom is 0.411 e. The van der Waals surface area contributed by atoms with Crippen LogP contribution in [0.15, 0.2) is 0 Å². The fourth-order valence-electron chi connectivity index (χ4n) is 2.09. The minimum Gasteiger partial charge on any atom is -0.373 e. The normalized spacial score (nSPS) is 16.9. The summed E-state index contributed by atoms with van der Waals surface area (Å²) < 4.78 is 39.1. The number of anilines is 2. The van der Waals surface area contributed by atoms with Crippen molar-refractivity contribution < 1.29 is 13.2 Å². The van der Waals surface area contributed by atoms with Crippen LogP contribution in [-0.2, 0) is 6.42 Å². The predicted molar refractivity (Wildman–Crippen MR) is 72.0 cm³/mol. The number of hydrogen-bond acceptors (Lipinski definition) is 4. The van der Waals surface area contributed by atoms with Gasteiger partial charge in [-0.15, -0.1) is 0 Å². The molecule has 0 atom stereocenters. The third-order valence-corrected chi connectivity index (χ3v) is 3.55. The van der Waals surface area contributed by atoms with Crippen LogP contribution in [-0.4, -0.2) is 28.7 Å². The quantitative estimate of drug-likeness (QED) is 0.873. The topological polar surface area (TPSA) is 49.8 Å². The van der Waals surface area contributed by atoms with E-state index in [0.717, 1.165) is 6.42 Å². The zero-order valence-corrected chi connectivity index (χ0v) is 11.9. The summed E-state index contributed by atoms with van der Waals surface area (Å²) in [7, 11) is 1.70. The summed E-state index contributed by atoms with van der Waals surface area (Å²) in [5.74, 6) is 1.41. The summed E-state index contributed by atoms with van der Waals surface area (Å²) in [6.45, 7) is 3.70. The Hall–Kier alpha value is -1.53. The second kappa shape index (κ2) is 5.10. The molecule has 2 N–H and O–H groups in total. The number of nitrogens with one attached hydrogen (secondary N) is 2. The van der Waals surface area contributed by atoms with E-state index in [1.54, 1.807) is 14.0 Å². The van der Waals surface area contributed by atoms with E-state index in [1.807, 2.05) is 6.92 Å². The van der Waals surface area contributed by atoms with Crippen LogP contribution >= 0.6 is 0 Å². The van der Waals surface area contributed by atoms with E-state index in [1.165, 1.54) is 0 Å². The van der Waals surface area contributed by atoms with Gasteiger partial charge in [0, 0.05) is 19.0 Å². The van der Waals surface area contributed by atoms with Gasteiger partial charge in [-0.25, -0.2) is 9.97 Å². The molecule has 7 heteroatoms. The van der Waals surface area contributed by atoms with Gasteiger partial charge in [-0.3, -0.25) is 0 Å². The van der Waals surface area contributed by atoms with Crippen molar-refractivity contribution in [2.45, 2.75) is 51.2 Å². The molecule has 20 heavy (non-hydrogen) atoms. The first kappa shape index (κ1) is 14.9. The Balaban J connectivity index is 2.33. The van der Waals surface area contributed by atoms with Crippen LogP contribution in [0.2, 0.25) is 0 Å². The van der Waals surface area contributed by atoms with E-state index in [-0.39, 0.29) is 18.7 Å². The average Bonchev–Trinajstić information content (AvgIpc) is 3.14. The molecule has 0 radical (unpaired) electrons. The molecule has 0 bridgehead atoms. The van der Waals surface area contributed by atoms with Crippen LogP contribution < -0.4 is 10.6 Å². The monoisotopic (exact) mass is 288 g/mol. The van der Waals surface area contributed by atoms with Crippen molar-refractivity contribution in [3.05, 3.63) is 11.4 Å². The van der Waals surface area contributed by atoms with Crippen LogP contribution in [0.4, 0.5) is 24.8 Å². The number of nitrogens with zero attached hydrogens (tertiary/aromatic N) is 2. The molecule has 0 unspecified atom stereocenters. The highest BCUT2D eigenvalue weighted by Gasteiger charge is 2.63. The van der Waals surface area contributed by atoms with Crippen LogP contribution in [0.5, 0.6) is 0 Å². The van der Waals surface area contributed by atoms with Gasteiger partial charge >= 0.3 is 6.18 Å². The lowest BCUT2D eigenvalue weighted by atomic mass is 10.2. The number of aromatic nitrogens is 2. The van der Waals surface area contributed by atoms with Gasteiger partial charge < -0.3 is 10.6 Å². The van der Waals surface area contributed by atoms with Crippen molar-refractivity contribution in [2.24, 2.45) is 0 Å². The van der Waals surface area contributed by atoms with Gasteiger partial charge in [0.15, 0.2) is 0 Å². The van der Waals surface area contributed by atoms with Crippen molar-refractivity contribution in [3.8, 4) is 0 Å². The third-order valence-electron chi connectivity index (χ3n) is 3.55. The molecular weight excluding hydrogens is 269 g/mol. The van der Waals surface area contributed by atoms with E-state index in [2.05, 4.69) is 20.6 Å². The largest absolute Gasteiger partial charge is 0.411 e. The van der Waals surface area contributed by atoms with Gasteiger partial charge in [0.05, 0.1) is 0 Å². The molecule has 1 fully saturated rings. The Morgan fingerprint density at radius 3 is 2.25 bits per heavy atom. The molecule has 0 aliphatic heterocycles. The first-order chi connectivity index (χ1) is 9.33. The lowest BCUT2D eigenvalue weighted by Crippen LogP contribution is -2.39. The van der Waals surface area contributed by atoms with Crippen LogP contribution in [0, 0.1) is 6.92 Å². The number of hydrogen-bond donors (Lipinski definition) is 2. The molecule has 0 saturated heterocycles. The molecule has 1 aliphatic carbocycles. The molecule has 1 heterocycles. The van der Waals surface area contributed by atoms with Crippen LogP contribution in [0.25, 0.3) is 0 Å². The first-order valence-corrected chi connectivity index (χ1v) is 6.73. The second-order valence-electron chi connectivity index (χ2n) is 5.17. The highest BCUT2D eigenvalue weighted by atomic mass is 19.4. The average molecular weight is 288 g/mol. The third kappa shape index (κ3) is 2.66. The fourth-order valence-corrected chi connectivity index (χ4v) is 2.09. The molecule has 1 saturated carbocycles. The molecule has 1 aliphatic rings. The Labute approximate surface area is 116 Å². The van der Waals surface area contributed by atoms with Crippen molar-refractivity contribution >= 4 is 11.6 Å². The summed E-state index contributed by atoms with van der Waals surface area (Å²) in [4.78, 5) is 8.56. The van der Waals surface area contributed by atoms with Crippen molar-refractivity contribution in [3.63, 3.8) is 0 Å². The zero-order chi connectivity index (χ0) is 15.0. The van der Waals surface area contributed by atoms with Crippen molar-refractivity contribution in [2.75, 3.05) is 17.7 Å². The number of aryl methyl sites for hydroxylation is 1. The summed E-state index contributed by atoms with van der Waals surface area (Å²) >= 11 is 0. The molecule has 1 aromatic rings. The number of alkyl halides is 3. The Morgan fingerprint density at radius 1 is 1.20 bits per heavy atom. The molecule has 0 aromatic carbocycles. The Bertz CT molecular complexity index is 495. The molecule has 0 amide bonds. The maximum atomic E-state index is 13.0. The Kier molecular flexibility index (Phi) is 3.80. The number of halogens is 3. The second-order valence-corrected chi connectivity index (χ2v) is 5.17. The maximum absolute atomic E-state index is 13.0. The van der Waals surface area contributed by atoms with E-state index in [9.17, 15) is 13.2 Å². The van der Waals surface area contributed by atoms with Gasteiger partial charge in [0.2, 0.25) is 0 Å². The van der Waals surface area contributed by atoms with Crippen LogP contribution in [0.3, 0.4) is 0 Å². The minimum absolute atomic E-state index is 0.0952. The van der Waals surface area contributed by atoms with E-state index in [0.29, 0.717) is 23.6 Å².